The summed E-state index contributed by atoms with van der Waals surface area (Å²) in [4.78, 5) is 28.0. The summed E-state index contributed by atoms with van der Waals surface area (Å²) in [5.41, 5.74) is 8.15. The standard InChI is InChI=1S/C34H32N2O8.ClH/c1-39-26-18-25-24(17-27(26)44-19-20-9-7-6-8-10-20)30(21-15-28(40-2)32(42-4)29(16-21)41-3)31(34(38)43-5)36(33(25)37)23-13-11-22(35)12-14-23;/h6-18H,19,35H2,1-5H3;1H. The molecule has 10 nitrogen and oxygen atoms in total. The molecule has 2 N–H and O–H groups in total. The van der Waals surface area contributed by atoms with E-state index in [-0.39, 0.29) is 30.1 Å². The molecule has 0 aliphatic carbocycles. The molecule has 5 rings (SSSR count). The number of pyridine rings is 1. The van der Waals surface area contributed by atoms with Crippen molar-refractivity contribution < 1.29 is 33.2 Å². The number of nitrogens with two attached hydrogens (primary N) is 1. The molecular weight excluding hydrogens is 600 g/mol. The zero-order valence-corrected chi connectivity index (χ0v) is 26.2. The minimum absolute atomic E-state index is 0. The summed E-state index contributed by atoms with van der Waals surface area (Å²) in [6.07, 6.45) is 0. The maximum absolute atomic E-state index is 14.3. The van der Waals surface area contributed by atoms with Crippen LogP contribution in [0.15, 0.2) is 83.7 Å². The number of rotatable bonds is 10. The quantitative estimate of drug-likeness (QED) is 0.145. The molecule has 1 heterocycles. The molecule has 1 aromatic heterocycles. The number of carbonyl (C=O) groups is 1. The molecule has 45 heavy (non-hydrogen) atoms. The molecule has 0 spiro atoms. The molecule has 234 valence electrons. The van der Waals surface area contributed by atoms with Crippen LogP contribution in [0.3, 0.4) is 0 Å². The van der Waals surface area contributed by atoms with Gasteiger partial charge in [0, 0.05) is 22.3 Å². The third-order valence-corrected chi connectivity index (χ3v) is 7.19. The Balaban J connectivity index is 0.00000461. The van der Waals surface area contributed by atoms with Crippen LogP contribution >= 0.6 is 12.4 Å². The van der Waals surface area contributed by atoms with Crippen LogP contribution in [0.4, 0.5) is 5.69 Å². The number of nitrogens with zero attached hydrogens (tertiary/aromatic N) is 1. The minimum atomic E-state index is -0.743. The maximum Gasteiger partial charge on any atom is 0.355 e. The molecule has 0 aliphatic heterocycles. The largest absolute Gasteiger partial charge is 0.493 e. The van der Waals surface area contributed by atoms with E-state index in [1.807, 2.05) is 30.3 Å². The van der Waals surface area contributed by atoms with Gasteiger partial charge in [-0.05, 0) is 59.7 Å². The van der Waals surface area contributed by atoms with Gasteiger partial charge in [0.05, 0.1) is 40.9 Å². The Bertz CT molecular complexity index is 1860. The second-order valence-electron chi connectivity index (χ2n) is 9.68. The van der Waals surface area contributed by atoms with Crippen molar-refractivity contribution in [1.82, 2.24) is 4.57 Å². The number of hydrogen-bond donors (Lipinski definition) is 1. The van der Waals surface area contributed by atoms with Gasteiger partial charge in [0.2, 0.25) is 5.75 Å². The SMILES string of the molecule is COC(=O)c1c(-c2cc(OC)c(OC)c(OC)c2)c2cc(OCc3ccccc3)c(OC)cc2c(=O)n1-c1ccc(N)cc1.Cl. The molecule has 0 radical (unpaired) electrons. The normalized spacial score (nSPS) is 10.5. The predicted octanol–water partition coefficient (Wildman–Crippen LogP) is 6.06. The average molecular weight is 633 g/mol. The molecule has 0 unspecified atom stereocenters. The van der Waals surface area contributed by atoms with E-state index in [4.69, 9.17) is 34.2 Å². The van der Waals surface area contributed by atoms with Gasteiger partial charge in [-0.3, -0.25) is 9.36 Å². The topological polar surface area (TPSA) is 120 Å². The summed E-state index contributed by atoms with van der Waals surface area (Å²) in [7, 11) is 7.25. The highest BCUT2D eigenvalue weighted by Gasteiger charge is 2.28. The summed E-state index contributed by atoms with van der Waals surface area (Å²) >= 11 is 0. The number of benzene rings is 4. The highest BCUT2D eigenvalue weighted by Crippen LogP contribution is 2.45. The second-order valence-corrected chi connectivity index (χ2v) is 9.68. The first-order valence-corrected chi connectivity index (χ1v) is 13.6. The molecular formula is C34H33ClN2O8. The van der Waals surface area contributed by atoms with Crippen molar-refractivity contribution in [2.75, 3.05) is 41.3 Å². The van der Waals surface area contributed by atoms with E-state index in [9.17, 15) is 9.59 Å². The van der Waals surface area contributed by atoms with Crippen molar-refractivity contribution in [3.05, 3.63) is 100 Å². The number of hydrogen-bond acceptors (Lipinski definition) is 9. The van der Waals surface area contributed by atoms with E-state index in [0.717, 1.165) is 5.56 Å². The van der Waals surface area contributed by atoms with Gasteiger partial charge in [-0.2, -0.15) is 0 Å². The Hall–Kier alpha value is -5.35. The van der Waals surface area contributed by atoms with E-state index in [0.29, 0.717) is 56.6 Å². The van der Waals surface area contributed by atoms with Crippen molar-refractivity contribution in [2.45, 2.75) is 6.61 Å². The molecule has 0 bridgehead atoms. The molecule has 11 heteroatoms. The van der Waals surface area contributed by atoms with Gasteiger partial charge in [0.25, 0.3) is 5.56 Å². The first-order valence-electron chi connectivity index (χ1n) is 13.6. The lowest BCUT2D eigenvalue weighted by molar-refractivity contribution is 0.0591. The average Bonchev–Trinajstić information content (AvgIpc) is 3.06. The molecule has 0 fully saturated rings. The van der Waals surface area contributed by atoms with Gasteiger partial charge < -0.3 is 34.2 Å². The highest BCUT2D eigenvalue weighted by molar-refractivity contribution is 6.08. The van der Waals surface area contributed by atoms with Gasteiger partial charge >= 0.3 is 5.97 Å². The lowest BCUT2D eigenvalue weighted by Gasteiger charge is -2.21. The number of ether oxygens (including phenoxy) is 6. The van der Waals surface area contributed by atoms with Crippen molar-refractivity contribution >= 4 is 34.8 Å². The summed E-state index contributed by atoms with van der Waals surface area (Å²) in [6.45, 7) is 0.245. The number of esters is 1. The summed E-state index contributed by atoms with van der Waals surface area (Å²) in [6, 6.07) is 22.9. The fraction of sp³-hybridized carbons (Fsp3) is 0.176. The van der Waals surface area contributed by atoms with Crippen molar-refractivity contribution in [1.29, 1.82) is 0 Å². The lowest BCUT2D eigenvalue weighted by atomic mass is 9.95. The first kappa shape index (κ1) is 32.6. The van der Waals surface area contributed by atoms with Gasteiger partial charge in [-0.25, -0.2) is 4.79 Å². The van der Waals surface area contributed by atoms with Crippen LogP contribution in [0.2, 0.25) is 0 Å². The zero-order chi connectivity index (χ0) is 31.4. The molecule has 0 amide bonds. The van der Waals surface area contributed by atoms with Crippen molar-refractivity contribution in [2.24, 2.45) is 0 Å². The third kappa shape index (κ3) is 6.18. The number of methoxy groups -OCH3 is 5. The van der Waals surface area contributed by atoms with Crippen LogP contribution in [0, 0.1) is 0 Å². The van der Waals surface area contributed by atoms with Crippen LogP contribution in [-0.2, 0) is 11.3 Å². The van der Waals surface area contributed by atoms with Gasteiger partial charge in [-0.1, -0.05) is 30.3 Å². The highest BCUT2D eigenvalue weighted by atomic mass is 35.5. The van der Waals surface area contributed by atoms with Crippen molar-refractivity contribution in [3.63, 3.8) is 0 Å². The van der Waals surface area contributed by atoms with Gasteiger partial charge in [0.1, 0.15) is 12.3 Å². The molecule has 0 saturated carbocycles. The van der Waals surface area contributed by atoms with E-state index in [2.05, 4.69) is 0 Å². The Labute approximate surface area is 266 Å². The van der Waals surface area contributed by atoms with Gasteiger partial charge in [0.15, 0.2) is 23.0 Å². The fourth-order valence-electron chi connectivity index (χ4n) is 5.09. The van der Waals surface area contributed by atoms with Crippen LogP contribution in [-0.4, -0.2) is 46.1 Å². The lowest BCUT2D eigenvalue weighted by Crippen LogP contribution is -2.27. The number of aromatic nitrogens is 1. The molecule has 4 aromatic carbocycles. The number of anilines is 1. The van der Waals surface area contributed by atoms with Crippen LogP contribution in [0.5, 0.6) is 28.7 Å². The first-order chi connectivity index (χ1) is 21.3. The smallest absolute Gasteiger partial charge is 0.355 e. The molecule has 0 aliphatic rings. The maximum atomic E-state index is 14.3. The zero-order valence-electron chi connectivity index (χ0n) is 25.4. The van der Waals surface area contributed by atoms with E-state index >= 15 is 0 Å². The Morgan fingerprint density at radius 1 is 0.733 bits per heavy atom. The summed E-state index contributed by atoms with van der Waals surface area (Å²) in [5, 5.41) is 0.683. The Morgan fingerprint density at radius 2 is 1.33 bits per heavy atom. The van der Waals surface area contributed by atoms with Crippen LogP contribution in [0.25, 0.3) is 27.6 Å². The number of carbonyl (C=O) groups excluding carboxylic acids is 1. The minimum Gasteiger partial charge on any atom is -0.493 e. The van der Waals surface area contributed by atoms with E-state index in [1.54, 1.807) is 48.5 Å². The van der Waals surface area contributed by atoms with E-state index in [1.165, 1.54) is 40.1 Å². The predicted molar refractivity (Wildman–Crippen MR) is 175 cm³/mol. The molecule has 0 saturated heterocycles. The van der Waals surface area contributed by atoms with Crippen LogP contribution in [0.1, 0.15) is 16.1 Å². The number of halogens is 1. The second kappa shape index (κ2) is 14.0. The monoisotopic (exact) mass is 632 g/mol. The van der Waals surface area contributed by atoms with Gasteiger partial charge in [-0.15, -0.1) is 12.4 Å². The Kier molecular flexibility index (Phi) is 10.1. The Morgan fingerprint density at radius 3 is 1.89 bits per heavy atom. The van der Waals surface area contributed by atoms with E-state index < -0.39 is 11.5 Å². The summed E-state index contributed by atoms with van der Waals surface area (Å²) < 4.78 is 35.2. The summed E-state index contributed by atoms with van der Waals surface area (Å²) in [5.74, 6) is 1.04. The third-order valence-electron chi connectivity index (χ3n) is 7.19. The van der Waals surface area contributed by atoms with Crippen LogP contribution < -0.4 is 35.0 Å². The fourth-order valence-corrected chi connectivity index (χ4v) is 5.09. The van der Waals surface area contributed by atoms with Crippen molar-refractivity contribution in [3.8, 4) is 45.6 Å². The number of nitrogen functional groups attached to an aromatic ring is 1. The molecule has 5 aromatic rings. The number of fused-ring (bicyclic) bond motifs is 1. The molecule has 0 atom stereocenters.